The molecule has 0 aromatic carbocycles. The van der Waals surface area contributed by atoms with Crippen molar-refractivity contribution in [3.63, 3.8) is 0 Å². The molecule has 4 N–H and O–H groups in total. The number of aliphatic hydroxyl groups is 3. The first-order valence-corrected chi connectivity index (χ1v) is 15.1. The summed E-state index contributed by atoms with van der Waals surface area (Å²) < 4.78 is 17.0. The number of carbonyl (C=O) groups excluding carboxylic acids is 1. The number of hydrogen-bond acceptors (Lipinski definition) is 8. The Labute approximate surface area is 234 Å². The molecule has 9 nitrogen and oxygen atoms in total. The second kappa shape index (κ2) is 21.3. The minimum Gasteiger partial charge on any atom is -0.481 e. The van der Waals surface area contributed by atoms with Gasteiger partial charge in [-0.2, -0.15) is 0 Å². The molecule has 0 spiro atoms. The van der Waals surface area contributed by atoms with Crippen LogP contribution in [0.5, 0.6) is 0 Å². The number of carbonyl (C=O) groups is 2. The van der Waals surface area contributed by atoms with Crippen LogP contribution in [-0.2, 0) is 23.8 Å². The zero-order valence-corrected chi connectivity index (χ0v) is 24.3. The first-order valence-electron chi connectivity index (χ1n) is 15.1. The van der Waals surface area contributed by atoms with Gasteiger partial charge in [0.1, 0.15) is 24.4 Å². The van der Waals surface area contributed by atoms with Gasteiger partial charge in [0.2, 0.25) is 0 Å². The van der Waals surface area contributed by atoms with Crippen LogP contribution in [-0.4, -0.2) is 75.3 Å². The largest absolute Gasteiger partial charge is 0.481 e. The molecule has 0 radical (unpaired) electrons. The maximum absolute atomic E-state index is 12.8. The molecule has 0 bridgehead atoms. The molecule has 228 valence electrons. The van der Waals surface area contributed by atoms with Gasteiger partial charge in [0, 0.05) is 0 Å². The normalized spacial score (nSPS) is 25.0. The van der Waals surface area contributed by atoms with Gasteiger partial charge < -0.3 is 34.6 Å². The fourth-order valence-electron chi connectivity index (χ4n) is 4.70. The number of rotatable bonds is 22. The van der Waals surface area contributed by atoms with Gasteiger partial charge in [-0.1, -0.05) is 83.8 Å². The Bertz CT molecular complexity index is 683. The molecule has 1 aliphatic heterocycles. The van der Waals surface area contributed by atoms with Crippen LogP contribution < -0.4 is 0 Å². The molecule has 39 heavy (non-hydrogen) atoms. The van der Waals surface area contributed by atoms with Crippen molar-refractivity contribution in [2.45, 2.75) is 166 Å². The lowest BCUT2D eigenvalue weighted by molar-refractivity contribution is -0.304. The van der Waals surface area contributed by atoms with Gasteiger partial charge in [-0.3, -0.25) is 9.59 Å². The van der Waals surface area contributed by atoms with E-state index in [2.05, 4.69) is 13.8 Å². The van der Waals surface area contributed by atoms with Crippen LogP contribution in [0, 0.1) is 0 Å². The first kappa shape index (κ1) is 35.5. The van der Waals surface area contributed by atoms with E-state index >= 15 is 0 Å². The fraction of sp³-hybridized carbons (Fsp3) is 0.867. The summed E-state index contributed by atoms with van der Waals surface area (Å²) in [5.41, 5.74) is 0. The maximum Gasteiger partial charge on any atom is 0.308 e. The van der Waals surface area contributed by atoms with Crippen molar-refractivity contribution in [1.82, 2.24) is 0 Å². The van der Waals surface area contributed by atoms with Gasteiger partial charge in [-0.15, -0.1) is 0 Å². The number of aliphatic carboxylic acids is 1. The van der Waals surface area contributed by atoms with Crippen LogP contribution in [0.3, 0.4) is 0 Å². The summed E-state index contributed by atoms with van der Waals surface area (Å²) in [5, 5.41) is 39.8. The lowest BCUT2D eigenvalue weighted by Crippen LogP contribution is -2.58. The summed E-state index contributed by atoms with van der Waals surface area (Å²) in [5.74, 6) is -1.60. The molecule has 0 aromatic heterocycles. The summed E-state index contributed by atoms with van der Waals surface area (Å²) in [4.78, 5) is 24.2. The number of esters is 1. The number of aliphatic hydroxyl groups excluding tert-OH is 3. The molecular formula is C30H54O9. The highest BCUT2D eigenvalue weighted by atomic mass is 16.7. The Morgan fingerprint density at radius 1 is 0.795 bits per heavy atom. The number of unbranched alkanes of at least 4 members (excludes halogenated alkanes) is 10. The Morgan fingerprint density at radius 3 is 2.05 bits per heavy atom. The van der Waals surface area contributed by atoms with Crippen molar-refractivity contribution >= 4 is 11.9 Å². The standard InChI is InChI=1S/C30H54O9/c1-4-6-8-10-11-12-13-15-17-19-24(39-30-29(36)28(35)27(34)22(3)37-30)21-26(33)38-23(20-25(31)32)18-16-14-9-7-5-2/h15,17,22-24,27-30,34-36H,4-14,16,18-21H2,1-3H3,(H,31,32)/b17-15-/t22-,23?,24?,27-,28+,29+,30-/m0/s1. The molecule has 7 atom stereocenters. The molecule has 1 fully saturated rings. The summed E-state index contributed by atoms with van der Waals surface area (Å²) >= 11 is 0. The third-order valence-electron chi connectivity index (χ3n) is 7.15. The van der Waals surface area contributed by atoms with Crippen LogP contribution in [0.1, 0.15) is 124 Å². The van der Waals surface area contributed by atoms with E-state index in [1.165, 1.54) is 32.1 Å². The van der Waals surface area contributed by atoms with Crippen LogP contribution in [0.15, 0.2) is 12.2 Å². The van der Waals surface area contributed by atoms with Gasteiger partial charge in [-0.25, -0.2) is 0 Å². The topological polar surface area (TPSA) is 143 Å². The lowest BCUT2D eigenvalue weighted by Gasteiger charge is -2.40. The van der Waals surface area contributed by atoms with Gasteiger partial charge in [0.25, 0.3) is 0 Å². The van der Waals surface area contributed by atoms with E-state index in [0.717, 1.165) is 44.9 Å². The minimum absolute atomic E-state index is 0.160. The smallest absolute Gasteiger partial charge is 0.308 e. The molecule has 1 saturated heterocycles. The number of carboxylic acid groups (broad SMARTS) is 1. The maximum atomic E-state index is 12.8. The summed E-state index contributed by atoms with van der Waals surface area (Å²) in [6.07, 6.45) is 9.93. The second-order valence-corrected chi connectivity index (χ2v) is 10.8. The molecule has 0 amide bonds. The fourth-order valence-corrected chi connectivity index (χ4v) is 4.70. The monoisotopic (exact) mass is 558 g/mol. The number of hydrogen-bond donors (Lipinski definition) is 4. The average Bonchev–Trinajstić information content (AvgIpc) is 2.88. The Hall–Kier alpha value is -1.52. The lowest BCUT2D eigenvalue weighted by atomic mass is 10.00. The number of carboxylic acids is 1. The molecule has 0 aromatic rings. The first-order chi connectivity index (χ1) is 18.7. The van der Waals surface area contributed by atoms with Crippen molar-refractivity contribution in [2.24, 2.45) is 0 Å². The predicted molar refractivity (Wildman–Crippen MR) is 149 cm³/mol. The summed E-state index contributed by atoms with van der Waals surface area (Å²) in [7, 11) is 0. The van der Waals surface area contributed by atoms with Crippen LogP contribution >= 0.6 is 0 Å². The van der Waals surface area contributed by atoms with Gasteiger partial charge in [0.05, 0.1) is 25.0 Å². The van der Waals surface area contributed by atoms with E-state index < -0.39 is 54.9 Å². The predicted octanol–water partition coefficient (Wildman–Crippen LogP) is 5.03. The van der Waals surface area contributed by atoms with Crippen molar-refractivity contribution in [2.75, 3.05) is 0 Å². The third-order valence-corrected chi connectivity index (χ3v) is 7.15. The van der Waals surface area contributed by atoms with Gasteiger partial charge in [-0.05, 0) is 39.0 Å². The van der Waals surface area contributed by atoms with Crippen molar-refractivity contribution in [3.05, 3.63) is 12.2 Å². The van der Waals surface area contributed by atoms with E-state index in [4.69, 9.17) is 14.2 Å². The third kappa shape index (κ3) is 15.7. The summed E-state index contributed by atoms with van der Waals surface area (Å²) in [6.45, 7) is 5.88. The highest BCUT2D eigenvalue weighted by Gasteiger charge is 2.43. The van der Waals surface area contributed by atoms with Crippen molar-refractivity contribution < 1.29 is 44.2 Å². The van der Waals surface area contributed by atoms with Crippen LogP contribution in [0.4, 0.5) is 0 Å². The SMILES string of the molecule is CCCCCCCC/C=C\CC(CC(=O)OC(CCCCCCC)CC(=O)O)O[C@@H]1O[C@@H](C)[C@H](O)[C@@H](O)[C@H]1O. The molecule has 0 saturated carbocycles. The van der Waals surface area contributed by atoms with E-state index in [1.807, 2.05) is 12.2 Å². The van der Waals surface area contributed by atoms with Crippen LogP contribution in [0.25, 0.3) is 0 Å². The van der Waals surface area contributed by atoms with Crippen LogP contribution in [0.2, 0.25) is 0 Å². The molecule has 1 heterocycles. The zero-order valence-electron chi connectivity index (χ0n) is 24.3. The Balaban J connectivity index is 2.73. The van der Waals surface area contributed by atoms with E-state index in [9.17, 15) is 30.0 Å². The van der Waals surface area contributed by atoms with Gasteiger partial charge in [0.15, 0.2) is 6.29 Å². The van der Waals surface area contributed by atoms with E-state index in [0.29, 0.717) is 12.8 Å². The van der Waals surface area contributed by atoms with Crippen molar-refractivity contribution in [1.29, 1.82) is 0 Å². The van der Waals surface area contributed by atoms with E-state index in [1.54, 1.807) is 6.92 Å². The highest BCUT2D eigenvalue weighted by molar-refractivity contribution is 5.72. The molecule has 2 unspecified atom stereocenters. The zero-order chi connectivity index (χ0) is 29.0. The molecule has 0 aliphatic carbocycles. The molecule has 1 rings (SSSR count). The quantitative estimate of drug-likeness (QED) is 0.0817. The average molecular weight is 559 g/mol. The van der Waals surface area contributed by atoms with Crippen molar-refractivity contribution in [3.8, 4) is 0 Å². The number of allylic oxidation sites excluding steroid dienone is 1. The minimum atomic E-state index is -1.48. The highest BCUT2D eigenvalue weighted by Crippen LogP contribution is 2.25. The molecule has 1 aliphatic rings. The molecular weight excluding hydrogens is 504 g/mol. The van der Waals surface area contributed by atoms with Gasteiger partial charge >= 0.3 is 11.9 Å². The molecule has 9 heteroatoms. The Morgan fingerprint density at radius 2 is 1.41 bits per heavy atom. The van der Waals surface area contributed by atoms with E-state index in [-0.39, 0.29) is 12.8 Å². The Kier molecular flexibility index (Phi) is 19.4. The number of ether oxygens (including phenoxy) is 3. The second-order valence-electron chi connectivity index (χ2n) is 10.8. The summed E-state index contributed by atoms with van der Waals surface area (Å²) in [6, 6.07) is 0.